The lowest BCUT2D eigenvalue weighted by Gasteiger charge is -2.41. The molecule has 5 heterocycles. The molecule has 5 aromatic rings. The molecule has 21 nitrogen and oxygen atoms in total. The molecule has 1 saturated heterocycles. The monoisotopic (exact) mass is 1140 g/mol. The molecule has 0 unspecified atom stereocenters. The summed E-state index contributed by atoms with van der Waals surface area (Å²) in [7, 11) is 5.00. The van der Waals surface area contributed by atoms with Gasteiger partial charge >= 0.3 is 0 Å². The minimum Gasteiger partial charge on any atom is -0.491 e. The van der Waals surface area contributed by atoms with Gasteiger partial charge in [-0.15, -0.1) is 0 Å². The van der Waals surface area contributed by atoms with Crippen molar-refractivity contribution in [2.24, 2.45) is 5.41 Å². The van der Waals surface area contributed by atoms with Crippen molar-refractivity contribution in [1.82, 2.24) is 50.4 Å². The fourth-order valence-corrected chi connectivity index (χ4v) is 11.5. The van der Waals surface area contributed by atoms with Crippen LogP contribution < -0.4 is 31.3 Å². The number of ether oxygens (including phenoxy) is 3. The van der Waals surface area contributed by atoms with Crippen LogP contribution in [0.5, 0.6) is 5.75 Å². The zero-order valence-corrected chi connectivity index (χ0v) is 48.5. The highest BCUT2D eigenvalue weighted by molar-refractivity contribution is 5.96. The summed E-state index contributed by atoms with van der Waals surface area (Å²) < 4.78 is 34.1. The number of hydrogen-bond donors (Lipinski definition) is 4. The number of halogens is 1. The lowest BCUT2D eigenvalue weighted by Crippen LogP contribution is -2.62. The molecular weight excluding hydrogens is 1060 g/mol. The zero-order chi connectivity index (χ0) is 59.1. The number of aryl methyl sites for hydroxylation is 1. The molecule has 5 N–H and O–H groups in total. The summed E-state index contributed by atoms with van der Waals surface area (Å²) in [5.74, 6) is -0.752. The standard InChI is InChI=1S/C61H76FN13O8/c1-37(65-5)57(77)69-54(61(2,3)4)60(80)74-35-40-30-42(19-17-39(40)31-50(74)58(78)68-46-15-10-13-38-12-8-9-14-43(38)46)83-29-28-82-27-26-81-25-21-52(76)71(6)23-24-75-51-36-72(7)59(79)44-20-18-41(62)32-45(44)49-16-11-22-73(49)56-55(64)66-34-48(67-56)53(51)47(33-63)70-75/h8-9,12,14,17-20,30,32,34,37,46,49-50,54,65H,10-11,13,15-16,21-29,31,35-36H2,1-7H3,(H2,64,66)(H,68,78)(H,69,77)/t37-,46+,49+,50-,54+/m0/s1. The van der Waals surface area contributed by atoms with Crippen molar-refractivity contribution in [3.05, 3.63) is 117 Å². The molecule has 2 bridgehead atoms. The number of benzene rings is 3. The summed E-state index contributed by atoms with van der Waals surface area (Å²) in [6.45, 7) is 9.67. The van der Waals surface area contributed by atoms with E-state index in [1.165, 1.54) is 34.9 Å². The molecule has 0 spiro atoms. The Balaban J connectivity index is 0.767. The van der Waals surface area contributed by atoms with E-state index in [0.29, 0.717) is 52.6 Å². The van der Waals surface area contributed by atoms with Gasteiger partial charge in [-0.1, -0.05) is 51.1 Å². The second kappa shape index (κ2) is 26.1. The van der Waals surface area contributed by atoms with E-state index in [0.717, 1.165) is 42.4 Å². The van der Waals surface area contributed by atoms with Crippen LogP contribution in [0, 0.1) is 22.6 Å². The first kappa shape index (κ1) is 59.6. The summed E-state index contributed by atoms with van der Waals surface area (Å²) in [6.07, 6.45) is 5.96. The first-order valence-corrected chi connectivity index (χ1v) is 28.6. The Bertz CT molecular complexity index is 3270. The Morgan fingerprint density at radius 3 is 2.49 bits per heavy atom. The summed E-state index contributed by atoms with van der Waals surface area (Å²) >= 11 is 0. The van der Waals surface area contributed by atoms with Crippen LogP contribution in [0.25, 0.3) is 11.3 Å². The maximum Gasteiger partial charge on any atom is 0.254 e. The highest BCUT2D eigenvalue weighted by atomic mass is 19.1. The molecule has 3 aliphatic heterocycles. The molecule has 0 radical (unpaired) electrons. The van der Waals surface area contributed by atoms with E-state index in [4.69, 9.17) is 24.9 Å². The first-order valence-electron chi connectivity index (χ1n) is 28.6. The number of nitrogens with two attached hydrogens (primary N) is 1. The minimum absolute atomic E-state index is 0.0186. The Hall–Kier alpha value is -8.00. The van der Waals surface area contributed by atoms with Crippen molar-refractivity contribution < 1.29 is 42.6 Å². The van der Waals surface area contributed by atoms with Gasteiger partial charge in [-0.2, -0.15) is 10.4 Å². The third-order valence-electron chi connectivity index (χ3n) is 16.3. The zero-order valence-electron chi connectivity index (χ0n) is 48.5. The van der Waals surface area contributed by atoms with Crippen molar-refractivity contribution in [3.8, 4) is 23.1 Å². The van der Waals surface area contributed by atoms with Gasteiger partial charge in [-0.05, 0) is 110 Å². The second-order valence-electron chi connectivity index (χ2n) is 22.9. The van der Waals surface area contributed by atoms with Crippen LogP contribution in [0.15, 0.2) is 66.9 Å². The van der Waals surface area contributed by atoms with E-state index >= 15 is 0 Å². The number of carbonyl (C=O) groups excluding carboxylic acids is 5. The molecular formula is C61H76FN13O8. The Kier molecular flexibility index (Phi) is 18.7. The van der Waals surface area contributed by atoms with Gasteiger partial charge in [0.05, 0.1) is 87.2 Å². The molecule has 1 fully saturated rings. The highest BCUT2D eigenvalue weighted by Crippen LogP contribution is 2.41. The molecule has 5 amide bonds. The summed E-state index contributed by atoms with van der Waals surface area (Å²) in [6, 6.07) is 17.4. The van der Waals surface area contributed by atoms with Crippen LogP contribution in [0.3, 0.4) is 0 Å². The van der Waals surface area contributed by atoms with Crippen molar-refractivity contribution in [2.45, 2.75) is 122 Å². The minimum atomic E-state index is -0.910. The Morgan fingerprint density at radius 2 is 1.72 bits per heavy atom. The van der Waals surface area contributed by atoms with Gasteiger partial charge < -0.3 is 55.5 Å². The predicted octanol–water partition coefficient (Wildman–Crippen LogP) is 5.41. The van der Waals surface area contributed by atoms with Crippen molar-refractivity contribution in [2.75, 3.05) is 77.9 Å². The lowest BCUT2D eigenvalue weighted by molar-refractivity contribution is -0.147. The predicted molar refractivity (Wildman–Crippen MR) is 308 cm³/mol. The van der Waals surface area contributed by atoms with Crippen molar-refractivity contribution in [3.63, 3.8) is 0 Å². The van der Waals surface area contributed by atoms with E-state index in [1.807, 2.05) is 56.0 Å². The van der Waals surface area contributed by atoms with Gasteiger partial charge in [-0.25, -0.2) is 14.4 Å². The average Bonchev–Trinajstić information content (AvgIpc) is 3.10. The summed E-state index contributed by atoms with van der Waals surface area (Å²) in [4.78, 5) is 86.0. The molecule has 2 aromatic heterocycles. The molecule has 1 aliphatic carbocycles. The molecule has 83 heavy (non-hydrogen) atoms. The quantitative estimate of drug-likeness (QED) is 0.0755. The van der Waals surface area contributed by atoms with Crippen LogP contribution in [-0.2, 0) is 61.1 Å². The van der Waals surface area contributed by atoms with Crippen LogP contribution in [0.2, 0.25) is 0 Å². The smallest absolute Gasteiger partial charge is 0.254 e. The average molecular weight is 1140 g/mol. The number of nitrogens with one attached hydrogen (secondary N) is 3. The molecule has 3 aromatic carbocycles. The SMILES string of the molecule is CN[C@@H](C)C(=O)N[C@H](C(=O)N1Cc2cc(OCCOCCOCCC(=O)N(C)CCn3nc(C#N)c4c3CN(C)C(=O)c3ccc(F)cc3[C@H]3CCCN3c3nc-4cnc3N)ccc2C[C@H]1C(=O)N[C@@H]1CCCc2ccccc21)C(C)(C)C. The lowest BCUT2D eigenvalue weighted by atomic mass is 9.83. The molecule has 22 heteroatoms. The topological polar surface area (TPSA) is 256 Å². The van der Waals surface area contributed by atoms with Gasteiger partial charge in [0.15, 0.2) is 17.3 Å². The van der Waals surface area contributed by atoms with Crippen molar-refractivity contribution >= 4 is 41.2 Å². The van der Waals surface area contributed by atoms with Gasteiger partial charge in [-0.3, -0.25) is 28.7 Å². The first-order chi connectivity index (χ1) is 39.8. The number of nitrogen functional groups attached to an aromatic ring is 1. The van der Waals surface area contributed by atoms with Crippen LogP contribution in [0.1, 0.15) is 121 Å². The maximum atomic E-state index is 14.8. The number of carbonyl (C=O) groups is 5. The fourth-order valence-electron chi connectivity index (χ4n) is 11.5. The third-order valence-corrected chi connectivity index (χ3v) is 16.3. The summed E-state index contributed by atoms with van der Waals surface area (Å²) in [5.41, 5.74) is 12.0. The van der Waals surface area contributed by atoms with E-state index in [9.17, 15) is 33.6 Å². The Labute approximate surface area is 484 Å². The number of anilines is 2. The van der Waals surface area contributed by atoms with Crippen LogP contribution in [-0.4, -0.2) is 149 Å². The second-order valence-corrected chi connectivity index (χ2v) is 22.9. The number of likely N-dealkylation sites (N-methyl/N-ethyl adjacent to an activating group) is 2. The number of amides is 5. The van der Waals surface area contributed by atoms with E-state index in [-0.39, 0.29) is 125 Å². The number of nitriles is 1. The molecule has 9 rings (SSSR count). The van der Waals surface area contributed by atoms with Crippen molar-refractivity contribution in [1.29, 1.82) is 5.26 Å². The molecule has 0 saturated carbocycles. The molecule has 440 valence electrons. The van der Waals surface area contributed by atoms with E-state index in [2.05, 4.69) is 44.2 Å². The number of fused-ring (bicyclic) bond motifs is 10. The Morgan fingerprint density at radius 1 is 0.952 bits per heavy atom. The third kappa shape index (κ3) is 13.4. The van der Waals surface area contributed by atoms with Crippen LogP contribution in [0.4, 0.5) is 16.0 Å². The van der Waals surface area contributed by atoms with Crippen LogP contribution >= 0.6 is 0 Å². The molecule has 5 atom stereocenters. The van der Waals surface area contributed by atoms with Gasteiger partial charge in [0.1, 0.15) is 36.3 Å². The number of aromatic nitrogens is 4. The number of rotatable bonds is 19. The molecule has 4 aliphatic rings. The highest BCUT2D eigenvalue weighted by Gasteiger charge is 2.43. The fraction of sp³-hybridized carbons (Fsp3) is 0.492. The number of hydrogen-bond acceptors (Lipinski definition) is 15. The summed E-state index contributed by atoms with van der Waals surface area (Å²) in [5, 5.41) is 24.2. The van der Waals surface area contributed by atoms with Gasteiger partial charge in [0.25, 0.3) is 5.91 Å². The van der Waals surface area contributed by atoms with Gasteiger partial charge in [0, 0.05) is 45.7 Å². The maximum absolute atomic E-state index is 14.8. The van der Waals surface area contributed by atoms with E-state index < -0.39 is 29.4 Å². The number of nitrogens with zero attached hydrogens (tertiary/aromatic N) is 9. The normalized spacial score (nSPS) is 18.2. The van der Waals surface area contributed by atoms with E-state index in [1.54, 1.807) is 42.5 Å². The largest absolute Gasteiger partial charge is 0.491 e. The van der Waals surface area contributed by atoms with Gasteiger partial charge in [0.2, 0.25) is 23.6 Å².